The summed E-state index contributed by atoms with van der Waals surface area (Å²) >= 11 is 0. The Morgan fingerprint density at radius 2 is 1.84 bits per heavy atom. The third kappa shape index (κ3) is 4.34. The number of esters is 1. The highest BCUT2D eigenvalue weighted by molar-refractivity contribution is 6.02. The number of nitrogens with zero attached hydrogens (tertiary/aromatic N) is 1. The summed E-state index contributed by atoms with van der Waals surface area (Å²) < 4.78 is 63.6. The number of carbonyl (C=O) groups is 2. The molecule has 1 N–H and O–H groups in total. The molecule has 0 fully saturated rings. The van der Waals surface area contributed by atoms with Gasteiger partial charge in [0.2, 0.25) is 11.2 Å². The smallest absolute Gasteiger partial charge is 0.387 e. The van der Waals surface area contributed by atoms with Crippen molar-refractivity contribution in [3.8, 4) is 5.75 Å². The maximum atomic E-state index is 14.3. The van der Waals surface area contributed by atoms with Gasteiger partial charge in [-0.3, -0.25) is 19.7 Å². The van der Waals surface area contributed by atoms with Crippen LogP contribution in [0.15, 0.2) is 47.4 Å². The number of benzene rings is 2. The van der Waals surface area contributed by atoms with E-state index in [1.807, 2.05) is 0 Å². The van der Waals surface area contributed by atoms with E-state index in [2.05, 4.69) is 10.2 Å². The van der Waals surface area contributed by atoms with Crippen molar-refractivity contribution in [3.05, 3.63) is 75.6 Å². The molecule has 0 saturated heterocycles. The van der Waals surface area contributed by atoms with Crippen LogP contribution in [0.5, 0.6) is 5.75 Å². The zero-order valence-corrected chi connectivity index (χ0v) is 15.8. The molecule has 1 aromatic heterocycles. The maximum Gasteiger partial charge on any atom is 0.387 e. The number of alkyl halides is 2. The number of rotatable bonds is 6. The van der Waals surface area contributed by atoms with Crippen molar-refractivity contribution in [2.45, 2.75) is 13.5 Å². The molecule has 0 aliphatic rings. The number of aromatic nitrogens is 1. The first-order valence-corrected chi connectivity index (χ1v) is 8.80. The Morgan fingerprint density at radius 3 is 2.45 bits per heavy atom. The molecule has 31 heavy (non-hydrogen) atoms. The van der Waals surface area contributed by atoms with Gasteiger partial charge in [-0.25, -0.2) is 9.18 Å². The lowest BCUT2D eigenvalue weighted by Gasteiger charge is -2.18. The van der Waals surface area contributed by atoms with Crippen LogP contribution in [0.25, 0.3) is 10.9 Å². The maximum absolute atomic E-state index is 14.3. The minimum absolute atomic E-state index is 0.107. The lowest BCUT2D eigenvalue weighted by molar-refractivity contribution is -0.0516. The summed E-state index contributed by atoms with van der Waals surface area (Å²) in [6.45, 7) is -2.21. The monoisotopic (exact) mass is 438 g/mol. The van der Waals surface area contributed by atoms with Crippen molar-refractivity contribution in [1.29, 1.82) is 0 Å². The van der Waals surface area contributed by atoms with Crippen molar-refractivity contribution in [2.75, 3.05) is 12.0 Å². The highest BCUT2D eigenvalue weighted by Crippen LogP contribution is 2.31. The summed E-state index contributed by atoms with van der Waals surface area (Å²) in [6.07, 6.45) is 0.763. The molecule has 3 rings (SSSR count). The fourth-order valence-corrected chi connectivity index (χ4v) is 2.81. The van der Waals surface area contributed by atoms with Gasteiger partial charge in [0.25, 0.3) is 5.91 Å². The summed E-state index contributed by atoms with van der Waals surface area (Å²) in [5.74, 6) is -6.70. The Morgan fingerprint density at radius 1 is 1.16 bits per heavy atom. The quantitative estimate of drug-likeness (QED) is 0.471. The van der Waals surface area contributed by atoms with Crippen LogP contribution in [-0.2, 0) is 4.74 Å². The van der Waals surface area contributed by atoms with Crippen molar-refractivity contribution >= 4 is 22.8 Å². The molecule has 0 bridgehead atoms. The Hall–Kier alpha value is -3.89. The molecule has 0 atom stereocenters. The average molecular weight is 438 g/mol. The molecule has 0 aliphatic heterocycles. The summed E-state index contributed by atoms with van der Waals surface area (Å²) in [5, 5.41) is -0.687. The van der Waals surface area contributed by atoms with E-state index in [9.17, 15) is 31.9 Å². The van der Waals surface area contributed by atoms with E-state index in [0.29, 0.717) is 10.7 Å². The van der Waals surface area contributed by atoms with E-state index >= 15 is 0 Å². The van der Waals surface area contributed by atoms with Crippen molar-refractivity contribution in [1.82, 2.24) is 4.68 Å². The molecular weight excluding hydrogens is 424 g/mol. The Kier molecular flexibility index (Phi) is 6.23. The molecular formula is C20H14F4N2O5. The van der Waals surface area contributed by atoms with E-state index in [4.69, 9.17) is 4.74 Å². The number of ether oxygens (including phenoxy) is 2. The first-order valence-electron chi connectivity index (χ1n) is 8.80. The second kappa shape index (κ2) is 8.86. The van der Waals surface area contributed by atoms with Gasteiger partial charge < -0.3 is 9.47 Å². The van der Waals surface area contributed by atoms with Crippen LogP contribution in [0.4, 0.5) is 17.6 Å². The average Bonchev–Trinajstić information content (AvgIpc) is 2.73. The van der Waals surface area contributed by atoms with Gasteiger partial charge in [0, 0.05) is 11.8 Å². The fourth-order valence-electron chi connectivity index (χ4n) is 2.81. The van der Waals surface area contributed by atoms with E-state index in [1.54, 1.807) is 18.2 Å². The third-order valence-electron chi connectivity index (χ3n) is 4.10. The van der Waals surface area contributed by atoms with Crippen LogP contribution in [-0.4, -0.2) is 29.8 Å². The summed E-state index contributed by atoms with van der Waals surface area (Å²) in [6, 6.07) is 7.98. The predicted octanol–water partition coefficient (Wildman–Crippen LogP) is 3.44. The fraction of sp³-hybridized carbons (Fsp3) is 0.150. The molecule has 3 aromatic rings. The molecule has 0 saturated carbocycles. The van der Waals surface area contributed by atoms with Crippen molar-refractivity contribution in [3.63, 3.8) is 0 Å². The van der Waals surface area contributed by atoms with Gasteiger partial charge in [-0.15, -0.1) is 0 Å². The lowest BCUT2D eigenvalue weighted by Crippen LogP contribution is -2.29. The Labute approximate surface area is 171 Å². The largest absolute Gasteiger partial charge is 0.462 e. The highest BCUT2D eigenvalue weighted by atomic mass is 19.3. The van der Waals surface area contributed by atoms with Gasteiger partial charge in [-0.05, 0) is 25.1 Å². The zero-order chi connectivity index (χ0) is 22.7. The van der Waals surface area contributed by atoms with Gasteiger partial charge in [-0.1, -0.05) is 18.2 Å². The Bertz CT molecular complexity index is 1210. The number of hydrogen-bond donors (Lipinski definition) is 1. The first kappa shape index (κ1) is 21.8. The second-order valence-electron chi connectivity index (χ2n) is 6.05. The van der Waals surface area contributed by atoms with Crippen LogP contribution in [0, 0.1) is 11.6 Å². The van der Waals surface area contributed by atoms with E-state index in [1.165, 1.54) is 19.1 Å². The Balaban J connectivity index is 2.31. The van der Waals surface area contributed by atoms with E-state index in [0.717, 1.165) is 6.20 Å². The molecule has 2 aromatic carbocycles. The van der Waals surface area contributed by atoms with Crippen LogP contribution >= 0.6 is 0 Å². The van der Waals surface area contributed by atoms with Gasteiger partial charge in [0.05, 0.1) is 12.0 Å². The van der Waals surface area contributed by atoms with Crippen LogP contribution in [0.2, 0.25) is 0 Å². The number of halogens is 4. The van der Waals surface area contributed by atoms with Crippen LogP contribution in [0.3, 0.4) is 0 Å². The van der Waals surface area contributed by atoms with Crippen molar-refractivity contribution < 1.29 is 36.6 Å². The molecule has 1 heterocycles. The SMILES string of the molecule is CCOC(=O)c1cn(NC(=O)c2ccccc2)c2c(OC(F)F)c(F)c(F)cc2c1=O. The van der Waals surface area contributed by atoms with Gasteiger partial charge >= 0.3 is 12.6 Å². The van der Waals surface area contributed by atoms with Crippen LogP contribution in [0.1, 0.15) is 27.6 Å². The first-order chi connectivity index (χ1) is 14.7. The predicted molar refractivity (Wildman–Crippen MR) is 101 cm³/mol. The summed E-state index contributed by atoms with van der Waals surface area (Å²) in [7, 11) is 0. The number of amides is 1. The molecule has 11 heteroatoms. The summed E-state index contributed by atoms with van der Waals surface area (Å²) in [4.78, 5) is 37.4. The topological polar surface area (TPSA) is 86.6 Å². The normalized spacial score (nSPS) is 10.9. The molecule has 1 amide bonds. The zero-order valence-electron chi connectivity index (χ0n) is 15.8. The number of nitrogens with one attached hydrogen (secondary N) is 1. The van der Waals surface area contributed by atoms with Gasteiger partial charge in [0.15, 0.2) is 11.6 Å². The van der Waals surface area contributed by atoms with Gasteiger partial charge in [0.1, 0.15) is 11.1 Å². The summed E-state index contributed by atoms with van der Waals surface area (Å²) in [5.41, 5.74) is -0.117. The molecule has 0 radical (unpaired) electrons. The minimum atomic E-state index is -3.57. The second-order valence-corrected chi connectivity index (χ2v) is 6.05. The number of carbonyl (C=O) groups excluding carboxylic acids is 2. The molecule has 7 nitrogen and oxygen atoms in total. The number of pyridine rings is 1. The third-order valence-corrected chi connectivity index (χ3v) is 4.10. The molecule has 0 spiro atoms. The number of hydrogen-bond acceptors (Lipinski definition) is 5. The molecule has 0 unspecified atom stereocenters. The molecule has 0 aliphatic carbocycles. The number of fused-ring (bicyclic) bond motifs is 1. The standard InChI is InChI=1S/C20H14F4N2O5/c1-2-30-19(29)12-9-26(25-18(28)10-6-4-3-5-7-10)15-11(16(12)27)8-13(21)14(22)17(15)31-20(23)24/h3-9,20H,2H2,1H3,(H,25,28). The van der Waals surface area contributed by atoms with E-state index < -0.39 is 57.8 Å². The highest BCUT2D eigenvalue weighted by Gasteiger charge is 2.26. The van der Waals surface area contributed by atoms with Crippen LogP contribution < -0.4 is 15.6 Å². The lowest BCUT2D eigenvalue weighted by atomic mass is 10.1. The van der Waals surface area contributed by atoms with Crippen molar-refractivity contribution in [2.24, 2.45) is 0 Å². The van der Waals surface area contributed by atoms with Gasteiger partial charge in [-0.2, -0.15) is 13.2 Å². The minimum Gasteiger partial charge on any atom is -0.462 e. The van der Waals surface area contributed by atoms with E-state index in [-0.39, 0.29) is 12.2 Å². The molecule has 162 valence electrons.